The molecule has 0 saturated heterocycles. The first-order chi connectivity index (χ1) is 13.7. The van der Waals surface area contributed by atoms with Gasteiger partial charge in [0.05, 0.1) is 19.3 Å². The van der Waals surface area contributed by atoms with Gasteiger partial charge in [0, 0.05) is 6.42 Å². The highest BCUT2D eigenvalue weighted by Gasteiger charge is 2.62. The highest BCUT2D eigenvalue weighted by atomic mass is 16.5. The van der Waals surface area contributed by atoms with Gasteiger partial charge in [-0.3, -0.25) is 4.79 Å². The van der Waals surface area contributed by atoms with E-state index in [0.717, 1.165) is 32.1 Å². The molecule has 0 amide bonds. The van der Waals surface area contributed by atoms with Crippen LogP contribution in [0, 0.1) is 46.3 Å². The molecule has 4 aliphatic carbocycles. The zero-order chi connectivity index (χ0) is 21.0. The van der Waals surface area contributed by atoms with Gasteiger partial charge in [0.1, 0.15) is 0 Å². The van der Waals surface area contributed by atoms with Gasteiger partial charge in [-0.05, 0) is 104 Å². The minimum atomic E-state index is -0.211. The second-order valence-electron chi connectivity index (χ2n) is 11.5. The van der Waals surface area contributed by atoms with Crippen LogP contribution in [0.4, 0.5) is 0 Å². The maximum Gasteiger partial charge on any atom is 0.305 e. The number of rotatable bonds is 4. The normalized spacial score (nSPS) is 50.2. The molecule has 0 bridgehead atoms. The average molecular weight is 407 g/mol. The zero-order valence-electron chi connectivity index (χ0n) is 18.9. The van der Waals surface area contributed by atoms with Crippen LogP contribution in [0.2, 0.25) is 0 Å². The zero-order valence-corrected chi connectivity index (χ0v) is 18.9. The number of ether oxygens (including phenoxy) is 1. The van der Waals surface area contributed by atoms with Crippen molar-refractivity contribution in [3.63, 3.8) is 0 Å². The molecule has 4 heteroatoms. The van der Waals surface area contributed by atoms with Gasteiger partial charge in [-0.1, -0.05) is 20.8 Å². The third kappa shape index (κ3) is 3.46. The Bertz CT molecular complexity index is 620. The monoisotopic (exact) mass is 406 g/mol. The third-order valence-electron chi connectivity index (χ3n) is 10.4. The highest BCUT2D eigenvalue weighted by Crippen LogP contribution is 2.68. The van der Waals surface area contributed by atoms with Crippen molar-refractivity contribution in [2.45, 2.75) is 97.2 Å². The lowest BCUT2D eigenvalue weighted by Gasteiger charge is -2.62. The average Bonchev–Trinajstić information content (AvgIpc) is 3.04. The molecule has 29 heavy (non-hydrogen) atoms. The van der Waals surface area contributed by atoms with Crippen molar-refractivity contribution in [3.05, 3.63) is 0 Å². The summed E-state index contributed by atoms with van der Waals surface area (Å²) in [6.07, 6.45) is 9.80. The van der Waals surface area contributed by atoms with Crippen molar-refractivity contribution in [1.29, 1.82) is 0 Å². The van der Waals surface area contributed by atoms with Crippen LogP contribution in [0.25, 0.3) is 0 Å². The van der Waals surface area contributed by atoms with E-state index in [1.807, 2.05) is 0 Å². The van der Waals surface area contributed by atoms with E-state index < -0.39 is 0 Å². The van der Waals surface area contributed by atoms with Gasteiger partial charge in [-0.25, -0.2) is 0 Å². The second-order valence-corrected chi connectivity index (χ2v) is 11.5. The molecule has 0 aromatic heterocycles. The maximum atomic E-state index is 11.6. The standard InChI is InChI=1S/C25H42O4/c1-15(5-8-22(28)29-4)18-6-7-19-23-20(10-12-25(18,19)3)24(2)11-9-17(26)13-16(24)14-21(23)27/h15-21,23,26-27H,5-14H2,1-4H3/t15?,16-,17-,18-,19+,20?,21?,23+,24?,25?/m1/s1. The van der Waals surface area contributed by atoms with E-state index in [2.05, 4.69) is 20.8 Å². The summed E-state index contributed by atoms with van der Waals surface area (Å²) < 4.78 is 4.86. The summed E-state index contributed by atoms with van der Waals surface area (Å²) in [6, 6.07) is 0. The van der Waals surface area contributed by atoms with Crippen LogP contribution in [0.15, 0.2) is 0 Å². The lowest BCUT2D eigenvalue weighted by Crippen LogP contribution is -2.58. The molecule has 4 fully saturated rings. The summed E-state index contributed by atoms with van der Waals surface area (Å²) in [7, 11) is 1.48. The Hall–Kier alpha value is -0.610. The number of aliphatic hydroxyl groups excluding tert-OH is 2. The molecule has 4 aliphatic rings. The van der Waals surface area contributed by atoms with Crippen LogP contribution in [0.5, 0.6) is 0 Å². The van der Waals surface area contributed by atoms with Gasteiger partial charge >= 0.3 is 5.97 Å². The summed E-state index contributed by atoms with van der Waals surface area (Å²) >= 11 is 0. The Kier molecular flexibility index (Phi) is 5.83. The van der Waals surface area contributed by atoms with Crippen molar-refractivity contribution in [1.82, 2.24) is 0 Å². The highest BCUT2D eigenvalue weighted by molar-refractivity contribution is 5.69. The molecule has 4 nitrogen and oxygen atoms in total. The molecular weight excluding hydrogens is 364 g/mol. The molecule has 0 heterocycles. The van der Waals surface area contributed by atoms with Crippen molar-refractivity contribution in [3.8, 4) is 0 Å². The fourth-order valence-corrected chi connectivity index (χ4v) is 8.82. The first-order valence-electron chi connectivity index (χ1n) is 12.1. The predicted molar refractivity (Wildman–Crippen MR) is 113 cm³/mol. The van der Waals surface area contributed by atoms with Gasteiger partial charge < -0.3 is 14.9 Å². The minimum Gasteiger partial charge on any atom is -0.469 e. The van der Waals surface area contributed by atoms with Crippen LogP contribution in [-0.4, -0.2) is 35.5 Å². The Morgan fingerprint density at radius 3 is 2.45 bits per heavy atom. The van der Waals surface area contributed by atoms with E-state index in [-0.39, 0.29) is 23.6 Å². The van der Waals surface area contributed by atoms with E-state index >= 15 is 0 Å². The first-order valence-corrected chi connectivity index (χ1v) is 12.1. The Morgan fingerprint density at radius 2 is 1.72 bits per heavy atom. The summed E-state index contributed by atoms with van der Waals surface area (Å²) in [5.74, 6) is 3.17. The van der Waals surface area contributed by atoms with E-state index in [4.69, 9.17) is 4.74 Å². The molecule has 166 valence electrons. The molecule has 0 radical (unpaired) electrons. The lowest BCUT2D eigenvalue weighted by molar-refractivity contribution is -0.174. The predicted octanol–water partition coefficient (Wildman–Crippen LogP) is 4.57. The molecule has 4 rings (SSSR count). The lowest BCUT2D eigenvalue weighted by atomic mass is 9.43. The molecule has 5 unspecified atom stereocenters. The SMILES string of the molecule is COC(=O)CCC(C)[C@H]1CC[C@H]2[C@@H]3C(O)C[C@H]4C[C@H](O)CCC4(C)C3CCC12C. The van der Waals surface area contributed by atoms with Crippen molar-refractivity contribution in [2.24, 2.45) is 46.3 Å². The number of aliphatic hydroxyl groups is 2. The number of methoxy groups -OCH3 is 1. The molecule has 0 aromatic carbocycles. The maximum absolute atomic E-state index is 11.6. The molecule has 2 N–H and O–H groups in total. The number of carbonyl (C=O) groups is 1. The Balaban J connectivity index is 1.53. The van der Waals surface area contributed by atoms with E-state index in [1.54, 1.807) is 0 Å². The van der Waals surface area contributed by atoms with E-state index in [9.17, 15) is 15.0 Å². The van der Waals surface area contributed by atoms with Crippen LogP contribution in [0.3, 0.4) is 0 Å². The fraction of sp³-hybridized carbons (Fsp3) is 0.960. The number of hydrogen-bond acceptors (Lipinski definition) is 4. The Morgan fingerprint density at radius 1 is 1.03 bits per heavy atom. The number of hydrogen-bond donors (Lipinski definition) is 2. The van der Waals surface area contributed by atoms with Crippen LogP contribution < -0.4 is 0 Å². The summed E-state index contributed by atoms with van der Waals surface area (Å²) in [6.45, 7) is 7.29. The second kappa shape index (κ2) is 7.82. The molecular formula is C25H42O4. The van der Waals surface area contributed by atoms with Gasteiger partial charge in [0.2, 0.25) is 0 Å². The quantitative estimate of drug-likeness (QED) is 0.671. The van der Waals surface area contributed by atoms with Gasteiger partial charge in [-0.2, -0.15) is 0 Å². The summed E-state index contributed by atoms with van der Waals surface area (Å²) in [5, 5.41) is 21.5. The van der Waals surface area contributed by atoms with Crippen molar-refractivity contribution >= 4 is 5.97 Å². The third-order valence-corrected chi connectivity index (χ3v) is 10.4. The van der Waals surface area contributed by atoms with Crippen LogP contribution in [0.1, 0.15) is 85.0 Å². The van der Waals surface area contributed by atoms with Gasteiger partial charge in [0.25, 0.3) is 0 Å². The molecule has 0 aliphatic heterocycles. The summed E-state index contributed by atoms with van der Waals surface area (Å²) in [4.78, 5) is 11.6. The molecule has 4 saturated carbocycles. The smallest absolute Gasteiger partial charge is 0.305 e. The van der Waals surface area contributed by atoms with Gasteiger partial charge in [0.15, 0.2) is 0 Å². The van der Waals surface area contributed by atoms with Crippen LogP contribution in [-0.2, 0) is 9.53 Å². The van der Waals surface area contributed by atoms with E-state index in [1.165, 1.54) is 32.8 Å². The topological polar surface area (TPSA) is 66.8 Å². The first kappa shape index (κ1) is 21.6. The fourth-order valence-electron chi connectivity index (χ4n) is 8.82. The van der Waals surface area contributed by atoms with Crippen LogP contribution >= 0.6 is 0 Å². The van der Waals surface area contributed by atoms with Gasteiger partial charge in [-0.15, -0.1) is 0 Å². The number of fused-ring (bicyclic) bond motifs is 5. The molecule has 0 aromatic rings. The summed E-state index contributed by atoms with van der Waals surface area (Å²) in [5.41, 5.74) is 0.577. The number of carbonyl (C=O) groups excluding carboxylic acids is 1. The van der Waals surface area contributed by atoms with Crippen molar-refractivity contribution in [2.75, 3.05) is 7.11 Å². The minimum absolute atomic E-state index is 0.0959. The molecule has 0 spiro atoms. The van der Waals surface area contributed by atoms with E-state index in [0.29, 0.717) is 47.3 Å². The largest absolute Gasteiger partial charge is 0.469 e. The number of esters is 1. The Labute approximate surface area is 176 Å². The molecule has 10 atom stereocenters. The van der Waals surface area contributed by atoms with Crippen molar-refractivity contribution < 1.29 is 19.7 Å².